The van der Waals surface area contributed by atoms with E-state index in [2.05, 4.69) is 60.6 Å². The van der Waals surface area contributed by atoms with Gasteiger partial charge in [0.1, 0.15) is 9.87 Å². The van der Waals surface area contributed by atoms with Gasteiger partial charge in [-0.15, -0.1) is 0 Å². The molecule has 0 heterocycles. The summed E-state index contributed by atoms with van der Waals surface area (Å²) in [5.74, 6) is 0. The van der Waals surface area contributed by atoms with Gasteiger partial charge >= 0.3 is 0 Å². The van der Waals surface area contributed by atoms with Crippen molar-refractivity contribution in [2.75, 3.05) is 0 Å². The second-order valence-corrected chi connectivity index (χ2v) is 14.4. The number of halogens is 1. The summed E-state index contributed by atoms with van der Waals surface area (Å²) in [5.41, 5.74) is 27.2. The zero-order valence-corrected chi connectivity index (χ0v) is 28.2. The van der Waals surface area contributed by atoms with Gasteiger partial charge in [0, 0.05) is 22.8 Å². The van der Waals surface area contributed by atoms with E-state index in [-0.39, 0.29) is 12.1 Å². The van der Waals surface area contributed by atoms with Gasteiger partial charge in [0.2, 0.25) is 0 Å². The Morgan fingerprint density at radius 3 is 0.978 bits per heavy atom. The first-order valence-electron chi connectivity index (χ1n) is 13.9. The fourth-order valence-corrected chi connectivity index (χ4v) is 4.91. The molecule has 0 bridgehead atoms. The molecule has 4 aromatic carbocycles. The Morgan fingerprint density at radius 1 is 0.511 bits per heavy atom. The minimum atomic E-state index is -3.87. The van der Waals surface area contributed by atoms with Gasteiger partial charge < -0.3 is 17.2 Å². The molecule has 0 aliphatic rings. The third-order valence-corrected chi connectivity index (χ3v) is 7.44. The number of benzene rings is 4. The van der Waals surface area contributed by atoms with Crippen LogP contribution in [0.25, 0.3) is 0 Å². The minimum Gasteiger partial charge on any atom is -0.322 e. The molecule has 4 radical (unpaired) electrons. The van der Waals surface area contributed by atoms with Crippen molar-refractivity contribution >= 4 is 43.7 Å². The lowest BCUT2D eigenvalue weighted by atomic mass is 9.94. The average molecular weight is 665 g/mol. The van der Waals surface area contributed by atoms with Crippen LogP contribution in [-0.4, -0.2) is 31.1 Å². The molecule has 236 valence electrons. The van der Waals surface area contributed by atoms with Crippen molar-refractivity contribution < 1.29 is 16.8 Å². The molecule has 4 atom stereocenters. The summed E-state index contributed by atoms with van der Waals surface area (Å²) in [6.07, 6.45) is 0. The summed E-state index contributed by atoms with van der Waals surface area (Å²) in [4.78, 5) is 0. The highest BCUT2D eigenvalue weighted by molar-refractivity contribution is 8.30. The van der Waals surface area contributed by atoms with E-state index in [0.29, 0.717) is 0 Å². The number of aryl methyl sites for hydroxylation is 4. The molecule has 0 aromatic heterocycles. The Balaban J connectivity index is 0.000000277. The van der Waals surface area contributed by atoms with Gasteiger partial charge in [-0.05, 0) is 49.9 Å². The maximum atomic E-state index is 11.5. The first-order chi connectivity index (χ1) is 20.8. The van der Waals surface area contributed by atoms with E-state index in [1.165, 1.54) is 11.1 Å². The van der Waals surface area contributed by atoms with E-state index < -0.39 is 30.9 Å². The summed E-state index contributed by atoms with van der Waals surface area (Å²) < 4.78 is 43.7. The Kier molecular flexibility index (Phi) is 14.5. The van der Waals surface area contributed by atoms with Crippen LogP contribution >= 0.6 is 10.7 Å². The molecule has 0 fully saturated rings. The Morgan fingerprint density at radius 2 is 0.733 bits per heavy atom. The fourth-order valence-electron chi connectivity index (χ4n) is 4.27. The fraction of sp³-hybridized carbons (Fsp3) is 0.250. The highest BCUT2D eigenvalue weighted by atomic mass is 35.7. The zero-order valence-electron chi connectivity index (χ0n) is 25.8. The molecule has 45 heavy (non-hydrogen) atoms. The molecule has 0 unspecified atom stereocenters. The lowest BCUT2D eigenvalue weighted by molar-refractivity contribution is 0.511. The molecule has 0 spiro atoms. The quantitative estimate of drug-likeness (QED) is 0.157. The predicted octanol–water partition coefficient (Wildman–Crippen LogP) is 4.69. The van der Waals surface area contributed by atoms with E-state index in [1.807, 2.05) is 86.6 Å². The van der Waals surface area contributed by atoms with Crippen LogP contribution in [0.3, 0.4) is 0 Å². The summed E-state index contributed by atoms with van der Waals surface area (Å²) in [7, 11) is 5.95. The van der Waals surface area contributed by atoms with Gasteiger partial charge in [-0.25, -0.2) is 21.6 Å². The molecule has 7 N–H and O–H groups in total. The lowest BCUT2D eigenvalue weighted by Gasteiger charge is -2.25. The SMILES string of the molecule is Cc1ccc([C@H](N)[C@@H](N)c2ccc(C)cc2)cc1.[B]S(=O)(=O)Cl.[B]S(=O)(=O)N[C@@H](c1ccc(C)cc1)[C@@H](N)c1ccc(C)cc1. The van der Waals surface area contributed by atoms with Gasteiger partial charge in [-0.2, -0.15) is 0 Å². The van der Waals surface area contributed by atoms with Crippen molar-refractivity contribution in [1.29, 1.82) is 0 Å². The predicted molar refractivity (Wildman–Crippen MR) is 187 cm³/mol. The van der Waals surface area contributed by atoms with Crippen molar-refractivity contribution in [2.45, 2.75) is 51.9 Å². The number of rotatable bonds is 8. The number of nitrogens with two attached hydrogens (primary N) is 3. The maximum Gasteiger partial charge on any atom is 0.278 e. The van der Waals surface area contributed by atoms with Gasteiger partial charge in [0.25, 0.3) is 14.2 Å². The monoisotopic (exact) mass is 664 g/mol. The highest BCUT2D eigenvalue weighted by Gasteiger charge is 2.24. The van der Waals surface area contributed by atoms with Crippen molar-refractivity contribution in [3.8, 4) is 0 Å². The number of nitrogens with one attached hydrogen (secondary N) is 1. The van der Waals surface area contributed by atoms with Crippen LogP contribution in [0.2, 0.25) is 0 Å². The van der Waals surface area contributed by atoms with Crippen LogP contribution in [0.15, 0.2) is 97.1 Å². The molecule has 0 aliphatic heterocycles. The third-order valence-electron chi connectivity index (χ3n) is 6.86. The van der Waals surface area contributed by atoms with E-state index in [0.717, 1.165) is 33.4 Å². The molecule has 4 rings (SSSR count). The van der Waals surface area contributed by atoms with Gasteiger partial charge in [0.15, 0.2) is 8.90 Å². The largest absolute Gasteiger partial charge is 0.322 e. The van der Waals surface area contributed by atoms with E-state index >= 15 is 0 Å². The summed E-state index contributed by atoms with van der Waals surface area (Å²) in [6, 6.07) is 30.2. The summed E-state index contributed by atoms with van der Waals surface area (Å²) in [6.45, 7) is 8.07. The molecule has 0 saturated carbocycles. The summed E-state index contributed by atoms with van der Waals surface area (Å²) >= 11 is 0. The van der Waals surface area contributed by atoms with Crippen molar-refractivity contribution in [3.63, 3.8) is 0 Å². The smallest absolute Gasteiger partial charge is 0.278 e. The topological polar surface area (TPSA) is 158 Å². The molecular weight excluding hydrogens is 626 g/mol. The molecule has 0 aliphatic carbocycles. The molecule has 0 amide bonds. The van der Waals surface area contributed by atoms with Gasteiger partial charge in [-0.1, -0.05) is 119 Å². The summed E-state index contributed by atoms with van der Waals surface area (Å²) in [5, 5.41) is 0. The average Bonchev–Trinajstić information content (AvgIpc) is 2.95. The van der Waals surface area contributed by atoms with Crippen molar-refractivity contribution in [1.82, 2.24) is 4.72 Å². The molecule has 13 heteroatoms. The second kappa shape index (κ2) is 17.1. The van der Waals surface area contributed by atoms with Crippen LogP contribution in [-0.2, 0) is 18.8 Å². The second-order valence-electron chi connectivity index (χ2n) is 10.8. The molecule has 4 aromatic rings. The minimum absolute atomic E-state index is 0.173. The van der Waals surface area contributed by atoms with Gasteiger partial charge in [0.05, 0.1) is 12.1 Å². The van der Waals surface area contributed by atoms with Gasteiger partial charge in [-0.3, -0.25) is 0 Å². The zero-order chi connectivity index (χ0) is 33.9. The van der Waals surface area contributed by atoms with Crippen LogP contribution in [0.1, 0.15) is 68.7 Å². The molecule has 0 saturated heterocycles. The standard InChI is InChI=1S/C16H19BN2O2S.C16H20N2.BClO2S/c1-11-3-7-13(8-4-11)15(18)16(19-22(17,20)21)14-9-5-12(2)6-10-14;1-11-3-7-13(8-4-11)15(17)16(18)14-9-5-12(2)6-10-14;1-5(2,3)4/h3-10,15-16,19H,18H2,1-2H3;3-10,15-16H,17-18H2,1-2H3;/t2*15-,16-;/m00./s1. The third kappa shape index (κ3) is 14.3. The van der Waals surface area contributed by atoms with Crippen LogP contribution in [0.4, 0.5) is 0 Å². The lowest BCUT2D eigenvalue weighted by Crippen LogP contribution is -2.35. The van der Waals surface area contributed by atoms with E-state index in [9.17, 15) is 16.8 Å². The Bertz CT molecular complexity index is 1650. The van der Waals surface area contributed by atoms with Crippen LogP contribution in [0.5, 0.6) is 0 Å². The highest BCUT2D eigenvalue weighted by Crippen LogP contribution is 2.28. The normalized spacial score (nSPS) is 14.0. The van der Waals surface area contributed by atoms with Crippen molar-refractivity contribution in [2.24, 2.45) is 17.2 Å². The van der Waals surface area contributed by atoms with E-state index in [1.54, 1.807) is 0 Å². The van der Waals surface area contributed by atoms with Crippen LogP contribution in [0, 0.1) is 27.7 Å². The van der Waals surface area contributed by atoms with Crippen molar-refractivity contribution in [3.05, 3.63) is 142 Å². The van der Waals surface area contributed by atoms with E-state index in [4.69, 9.17) is 24.3 Å². The molecule has 8 nitrogen and oxygen atoms in total. The maximum absolute atomic E-state index is 11.5. The Hall–Kier alpha value is -2.96. The van der Waals surface area contributed by atoms with Crippen LogP contribution < -0.4 is 21.9 Å². The first-order valence-corrected chi connectivity index (χ1v) is 17.8. The number of hydrogen-bond donors (Lipinski definition) is 4. The first kappa shape index (κ1) is 38.2. The Labute approximate surface area is 274 Å². The number of hydrogen-bond acceptors (Lipinski definition) is 7. The molecular formula is C32H39B2ClN4O4S2.